The van der Waals surface area contributed by atoms with Gasteiger partial charge >= 0.3 is 11.9 Å². The van der Waals surface area contributed by atoms with Crippen molar-refractivity contribution in [2.24, 2.45) is 0 Å². The topological polar surface area (TPSA) is 41.6 Å². The van der Waals surface area contributed by atoms with Gasteiger partial charge < -0.3 is 10.1 Å². The van der Waals surface area contributed by atoms with Crippen LogP contribution in [0.15, 0.2) is 0 Å². The normalized spacial score (nSPS) is 29.6. The van der Waals surface area contributed by atoms with E-state index in [0.29, 0.717) is 12.6 Å². The molecule has 0 radical (unpaired) electrons. The lowest BCUT2D eigenvalue weighted by Crippen LogP contribution is -2.44. The number of nitrogens with one attached hydrogen (secondary N) is 1. The highest BCUT2D eigenvalue weighted by molar-refractivity contribution is 5.79. The molecule has 1 unspecified atom stereocenters. The van der Waals surface area contributed by atoms with Crippen LogP contribution < -0.4 is 5.32 Å². The van der Waals surface area contributed by atoms with Crippen LogP contribution in [0.25, 0.3) is 0 Å². The van der Waals surface area contributed by atoms with Crippen molar-refractivity contribution in [1.29, 1.82) is 0 Å². The van der Waals surface area contributed by atoms with E-state index < -0.39 is 24.4 Å². The van der Waals surface area contributed by atoms with Gasteiger partial charge in [-0.2, -0.15) is 8.78 Å². The van der Waals surface area contributed by atoms with Gasteiger partial charge in [-0.15, -0.1) is 0 Å². The second kappa shape index (κ2) is 4.86. The van der Waals surface area contributed by atoms with Crippen molar-refractivity contribution in [1.82, 2.24) is 10.2 Å². The van der Waals surface area contributed by atoms with Crippen molar-refractivity contribution < 1.29 is 18.3 Å². The minimum Gasteiger partial charge on any atom is -0.456 e. The summed E-state index contributed by atoms with van der Waals surface area (Å²) < 4.78 is 30.6. The molecule has 2 aliphatic heterocycles. The van der Waals surface area contributed by atoms with E-state index in [4.69, 9.17) is 4.74 Å². The lowest BCUT2D eigenvalue weighted by atomic mass is 10.0. The number of piperidine rings is 1. The first kappa shape index (κ1) is 12.7. The second-order valence-corrected chi connectivity index (χ2v) is 4.86. The van der Waals surface area contributed by atoms with Crippen LogP contribution in [-0.4, -0.2) is 55.6 Å². The summed E-state index contributed by atoms with van der Waals surface area (Å²) in [5, 5.41) is 3.25. The zero-order valence-corrected chi connectivity index (χ0v) is 9.92. The van der Waals surface area contributed by atoms with Crippen LogP contribution in [0.3, 0.4) is 0 Å². The highest BCUT2D eigenvalue weighted by Gasteiger charge is 2.51. The lowest BCUT2D eigenvalue weighted by molar-refractivity contribution is -0.159. The summed E-state index contributed by atoms with van der Waals surface area (Å²) in [6.45, 7) is 2.30. The maximum Gasteiger partial charge on any atom is 0.377 e. The maximum absolute atomic E-state index is 13.0. The molecule has 2 heterocycles. The fraction of sp³-hybridized carbons (Fsp3) is 0.909. The molecule has 2 aliphatic rings. The van der Waals surface area contributed by atoms with E-state index >= 15 is 0 Å². The van der Waals surface area contributed by atoms with Gasteiger partial charge in [0.05, 0.1) is 6.42 Å². The van der Waals surface area contributed by atoms with Crippen molar-refractivity contribution in [2.75, 3.05) is 26.7 Å². The first-order valence-electron chi connectivity index (χ1n) is 5.99. The fourth-order valence-electron chi connectivity index (χ4n) is 2.47. The predicted molar refractivity (Wildman–Crippen MR) is 58.0 cm³/mol. The quantitative estimate of drug-likeness (QED) is 0.743. The molecule has 0 aromatic carbocycles. The lowest BCUT2D eigenvalue weighted by Gasteiger charge is -2.32. The van der Waals surface area contributed by atoms with E-state index in [1.165, 1.54) is 0 Å². The molecule has 6 heteroatoms. The van der Waals surface area contributed by atoms with Crippen LogP contribution in [0.5, 0.6) is 0 Å². The number of carbonyl (C=O) groups is 1. The van der Waals surface area contributed by atoms with E-state index in [9.17, 15) is 13.6 Å². The monoisotopic (exact) mass is 248 g/mol. The molecule has 4 nitrogen and oxygen atoms in total. The first-order valence-corrected chi connectivity index (χ1v) is 5.99. The number of cyclic esters (lactones) is 1. The van der Waals surface area contributed by atoms with E-state index in [1.807, 2.05) is 11.9 Å². The smallest absolute Gasteiger partial charge is 0.377 e. The number of esters is 1. The van der Waals surface area contributed by atoms with Gasteiger partial charge in [-0.05, 0) is 33.0 Å². The molecule has 17 heavy (non-hydrogen) atoms. The number of hydrogen-bond donors (Lipinski definition) is 1. The number of halogens is 2. The number of carbonyl (C=O) groups excluding carboxylic acids is 1. The third kappa shape index (κ3) is 2.93. The molecule has 0 aromatic heterocycles. The third-order valence-electron chi connectivity index (χ3n) is 3.48. The van der Waals surface area contributed by atoms with Gasteiger partial charge in [-0.3, -0.25) is 4.90 Å². The second-order valence-electron chi connectivity index (χ2n) is 4.86. The van der Waals surface area contributed by atoms with Crippen molar-refractivity contribution in [3.8, 4) is 0 Å². The number of ether oxygens (including phenoxy) is 1. The summed E-state index contributed by atoms with van der Waals surface area (Å²) in [7, 11) is 1.90. The highest BCUT2D eigenvalue weighted by atomic mass is 19.3. The minimum atomic E-state index is -3.29. The van der Waals surface area contributed by atoms with Gasteiger partial charge in [0.25, 0.3) is 0 Å². The molecular formula is C11H18F2N2O2. The average molecular weight is 248 g/mol. The van der Waals surface area contributed by atoms with E-state index in [1.54, 1.807) is 0 Å². The molecular weight excluding hydrogens is 230 g/mol. The zero-order chi connectivity index (χ0) is 12.5. The van der Waals surface area contributed by atoms with E-state index in [0.717, 1.165) is 25.9 Å². The molecule has 2 rings (SSSR count). The Morgan fingerprint density at radius 1 is 1.47 bits per heavy atom. The molecule has 0 spiro atoms. The summed E-state index contributed by atoms with van der Waals surface area (Å²) in [6.07, 6.45) is 0.861. The molecule has 0 aliphatic carbocycles. The summed E-state index contributed by atoms with van der Waals surface area (Å²) in [4.78, 5) is 12.9. The molecule has 0 saturated carbocycles. The Labute approximate surface area is 99.3 Å². The molecule has 98 valence electrons. The van der Waals surface area contributed by atoms with Crippen LogP contribution in [-0.2, 0) is 9.53 Å². The Morgan fingerprint density at radius 3 is 2.65 bits per heavy atom. The van der Waals surface area contributed by atoms with Crippen molar-refractivity contribution in [2.45, 2.75) is 37.3 Å². The van der Waals surface area contributed by atoms with Gasteiger partial charge in [0, 0.05) is 12.6 Å². The number of hydrogen-bond acceptors (Lipinski definition) is 4. The van der Waals surface area contributed by atoms with E-state index in [-0.39, 0.29) is 0 Å². The van der Waals surface area contributed by atoms with Crippen molar-refractivity contribution in [3.63, 3.8) is 0 Å². The Hall–Kier alpha value is -0.750. The molecule has 0 aromatic rings. The van der Waals surface area contributed by atoms with Gasteiger partial charge in [-0.1, -0.05) is 0 Å². The average Bonchev–Trinajstić information content (AvgIpc) is 2.53. The summed E-state index contributed by atoms with van der Waals surface area (Å²) in [5.41, 5.74) is 0. The van der Waals surface area contributed by atoms with Gasteiger partial charge in [-0.25, -0.2) is 4.79 Å². The number of rotatable bonds is 3. The summed E-state index contributed by atoms with van der Waals surface area (Å²) in [6, 6.07) is 0.393. The van der Waals surface area contributed by atoms with Crippen LogP contribution in [0, 0.1) is 0 Å². The number of likely N-dealkylation sites (N-methyl/N-ethyl adjacent to an activating group) is 1. The summed E-state index contributed by atoms with van der Waals surface area (Å²) >= 11 is 0. The first-order chi connectivity index (χ1) is 7.99. The Morgan fingerprint density at radius 2 is 2.12 bits per heavy atom. The molecule has 2 fully saturated rings. The molecule has 2 saturated heterocycles. The van der Waals surface area contributed by atoms with Crippen molar-refractivity contribution in [3.05, 3.63) is 0 Å². The fourth-order valence-corrected chi connectivity index (χ4v) is 2.47. The molecule has 0 amide bonds. The minimum absolute atomic E-state index is 0.393. The van der Waals surface area contributed by atoms with Crippen LogP contribution in [0.4, 0.5) is 8.78 Å². The Kier molecular flexibility index (Phi) is 3.63. The molecule has 0 bridgehead atoms. The van der Waals surface area contributed by atoms with Gasteiger partial charge in [0.2, 0.25) is 0 Å². The van der Waals surface area contributed by atoms with E-state index in [2.05, 4.69) is 5.32 Å². The van der Waals surface area contributed by atoms with Crippen LogP contribution in [0.2, 0.25) is 0 Å². The standard InChI is InChI=1S/C11H18F2N2O2/c1-15(8-2-4-14-5-3-8)7-9-6-11(12,13)10(16)17-9/h8-9,14H,2-7H2,1H3. The van der Waals surface area contributed by atoms with Gasteiger partial charge in [0.15, 0.2) is 0 Å². The zero-order valence-electron chi connectivity index (χ0n) is 9.92. The SMILES string of the molecule is CN(CC1CC(F)(F)C(=O)O1)C1CCNCC1. The largest absolute Gasteiger partial charge is 0.456 e. The number of alkyl halides is 2. The number of nitrogens with zero attached hydrogens (tertiary/aromatic N) is 1. The van der Waals surface area contributed by atoms with Crippen LogP contribution >= 0.6 is 0 Å². The van der Waals surface area contributed by atoms with Crippen molar-refractivity contribution >= 4 is 5.97 Å². The van der Waals surface area contributed by atoms with Gasteiger partial charge in [0.1, 0.15) is 6.10 Å². The van der Waals surface area contributed by atoms with Crippen LogP contribution in [0.1, 0.15) is 19.3 Å². The molecule has 1 N–H and O–H groups in total. The summed E-state index contributed by atoms with van der Waals surface area (Å²) in [5.74, 6) is -4.67. The predicted octanol–water partition coefficient (Wildman–Crippen LogP) is 0.621. The molecule has 1 atom stereocenters. The Bertz CT molecular complexity index is 293. The highest BCUT2D eigenvalue weighted by Crippen LogP contribution is 2.31. The Balaban J connectivity index is 1.83. The third-order valence-corrected chi connectivity index (χ3v) is 3.48. The maximum atomic E-state index is 13.0.